The quantitative estimate of drug-likeness (QED) is 0.673. The molecular weight excluding hydrogens is 374 g/mol. The van der Waals surface area contributed by atoms with Crippen LogP contribution in [0.4, 0.5) is 4.79 Å². The number of rotatable bonds is 8. The number of carboxylic acids is 1. The normalized spacial score (nSPS) is 20.6. The van der Waals surface area contributed by atoms with Crippen molar-refractivity contribution in [2.75, 3.05) is 7.11 Å². The third-order valence-corrected chi connectivity index (χ3v) is 5.00. The van der Waals surface area contributed by atoms with Gasteiger partial charge >= 0.3 is 12.1 Å². The van der Waals surface area contributed by atoms with Crippen LogP contribution in [0.2, 0.25) is 0 Å². The molecule has 0 aliphatic heterocycles. The predicted octanol–water partition coefficient (Wildman–Crippen LogP) is 4.14. The molecule has 2 rings (SSSR count). The highest BCUT2D eigenvalue weighted by Gasteiger charge is 2.29. The highest BCUT2D eigenvalue weighted by atomic mass is 16.6. The summed E-state index contributed by atoms with van der Waals surface area (Å²) in [6, 6.07) is 6.87. The van der Waals surface area contributed by atoms with Gasteiger partial charge in [-0.2, -0.15) is 0 Å². The van der Waals surface area contributed by atoms with Gasteiger partial charge < -0.3 is 24.6 Å². The molecule has 162 valence electrons. The van der Waals surface area contributed by atoms with Crippen molar-refractivity contribution in [3.05, 3.63) is 29.8 Å². The van der Waals surface area contributed by atoms with Crippen LogP contribution in [0.5, 0.6) is 5.75 Å². The molecule has 0 saturated heterocycles. The van der Waals surface area contributed by atoms with Crippen molar-refractivity contribution in [1.82, 2.24) is 5.32 Å². The Kier molecular flexibility index (Phi) is 8.32. The highest BCUT2D eigenvalue weighted by Crippen LogP contribution is 2.30. The lowest BCUT2D eigenvalue weighted by Crippen LogP contribution is -2.44. The molecule has 0 aromatic heterocycles. The SMILES string of the molecule is COc1ccc(COC2CCC(CC(NC(=O)OC(C)(C)C)C(=O)O)CC2)cc1. The number of nitrogens with one attached hydrogen (secondary N) is 1. The van der Waals surface area contributed by atoms with Crippen molar-refractivity contribution < 1.29 is 28.9 Å². The maximum atomic E-state index is 11.9. The van der Waals surface area contributed by atoms with Gasteiger partial charge in [0.05, 0.1) is 19.8 Å². The van der Waals surface area contributed by atoms with E-state index in [1.54, 1.807) is 27.9 Å². The summed E-state index contributed by atoms with van der Waals surface area (Å²) in [6.45, 7) is 5.79. The Labute approximate surface area is 172 Å². The second-order valence-electron chi connectivity index (χ2n) is 8.57. The van der Waals surface area contributed by atoms with Crippen molar-refractivity contribution in [2.45, 2.75) is 77.2 Å². The molecule has 1 saturated carbocycles. The minimum Gasteiger partial charge on any atom is -0.497 e. The van der Waals surface area contributed by atoms with Gasteiger partial charge in [-0.15, -0.1) is 0 Å². The first-order valence-electron chi connectivity index (χ1n) is 10.1. The van der Waals surface area contributed by atoms with Gasteiger partial charge in [0.1, 0.15) is 17.4 Å². The van der Waals surface area contributed by atoms with E-state index in [9.17, 15) is 14.7 Å². The Bertz CT molecular complexity index is 659. The molecular formula is C22H33NO6. The first-order chi connectivity index (χ1) is 13.7. The number of benzene rings is 1. The number of hydrogen-bond donors (Lipinski definition) is 2. The van der Waals surface area contributed by atoms with E-state index in [1.807, 2.05) is 24.3 Å². The van der Waals surface area contributed by atoms with Gasteiger partial charge in [-0.25, -0.2) is 9.59 Å². The standard InChI is InChI=1S/C22H33NO6/c1-22(2,3)29-21(26)23-19(20(24)25)13-15-5-11-18(12-6-15)28-14-16-7-9-17(27-4)10-8-16/h7-10,15,18-19H,5-6,11-14H2,1-4H3,(H,23,26)(H,24,25). The molecule has 1 amide bonds. The Morgan fingerprint density at radius 3 is 2.28 bits per heavy atom. The molecule has 29 heavy (non-hydrogen) atoms. The minimum atomic E-state index is -1.03. The Morgan fingerprint density at radius 1 is 1.14 bits per heavy atom. The van der Waals surface area contributed by atoms with E-state index in [1.165, 1.54) is 0 Å². The van der Waals surface area contributed by atoms with Crippen LogP contribution >= 0.6 is 0 Å². The third-order valence-electron chi connectivity index (χ3n) is 5.00. The molecule has 1 fully saturated rings. The Morgan fingerprint density at radius 2 is 1.76 bits per heavy atom. The summed E-state index contributed by atoms with van der Waals surface area (Å²) in [5.74, 6) is 0.0304. The van der Waals surface area contributed by atoms with Crippen LogP contribution in [0.15, 0.2) is 24.3 Å². The first kappa shape index (κ1) is 23.0. The molecule has 1 unspecified atom stereocenters. The average molecular weight is 408 g/mol. The summed E-state index contributed by atoms with van der Waals surface area (Å²) < 4.78 is 16.3. The Hall–Kier alpha value is -2.28. The van der Waals surface area contributed by atoms with E-state index in [4.69, 9.17) is 14.2 Å². The molecule has 7 nitrogen and oxygen atoms in total. The molecule has 0 radical (unpaired) electrons. The predicted molar refractivity (Wildman–Crippen MR) is 109 cm³/mol. The second-order valence-corrected chi connectivity index (χ2v) is 8.57. The maximum absolute atomic E-state index is 11.9. The van der Waals surface area contributed by atoms with Crippen molar-refractivity contribution in [3.8, 4) is 5.75 Å². The number of hydrogen-bond acceptors (Lipinski definition) is 5. The molecule has 7 heteroatoms. The van der Waals surface area contributed by atoms with E-state index < -0.39 is 23.7 Å². The van der Waals surface area contributed by atoms with E-state index in [-0.39, 0.29) is 12.0 Å². The van der Waals surface area contributed by atoms with Crippen molar-refractivity contribution in [2.24, 2.45) is 5.92 Å². The van der Waals surface area contributed by atoms with Crippen molar-refractivity contribution in [1.29, 1.82) is 0 Å². The fourth-order valence-corrected chi connectivity index (χ4v) is 3.47. The first-order valence-corrected chi connectivity index (χ1v) is 10.1. The van der Waals surface area contributed by atoms with Crippen LogP contribution in [0.3, 0.4) is 0 Å². The number of alkyl carbamates (subject to hydrolysis) is 1. The number of aliphatic carboxylic acids is 1. The van der Waals surface area contributed by atoms with E-state index in [0.717, 1.165) is 37.0 Å². The molecule has 0 spiro atoms. The monoisotopic (exact) mass is 407 g/mol. The molecule has 1 atom stereocenters. The molecule has 1 aromatic carbocycles. The van der Waals surface area contributed by atoms with E-state index in [0.29, 0.717) is 13.0 Å². The number of carbonyl (C=O) groups is 2. The minimum absolute atomic E-state index is 0.176. The van der Waals surface area contributed by atoms with Gasteiger partial charge in [0.25, 0.3) is 0 Å². The lowest BCUT2D eigenvalue weighted by atomic mass is 9.83. The molecule has 2 N–H and O–H groups in total. The summed E-state index contributed by atoms with van der Waals surface area (Å²) in [7, 11) is 1.64. The van der Waals surface area contributed by atoms with Crippen LogP contribution < -0.4 is 10.1 Å². The maximum Gasteiger partial charge on any atom is 0.408 e. The van der Waals surface area contributed by atoms with Gasteiger partial charge in [0.15, 0.2) is 0 Å². The summed E-state index contributed by atoms with van der Waals surface area (Å²) in [6.07, 6.45) is 3.43. The van der Waals surface area contributed by atoms with Crippen molar-refractivity contribution in [3.63, 3.8) is 0 Å². The summed E-state index contributed by atoms with van der Waals surface area (Å²) in [5.41, 5.74) is 0.437. The third kappa shape index (κ3) is 8.31. The average Bonchev–Trinajstić information content (AvgIpc) is 2.65. The number of carboxylic acid groups (broad SMARTS) is 1. The number of ether oxygens (including phenoxy) is 3. The van der Waals surface area contributed by atoms with Crippen LogP contribution in [-0.4, -0.2) is 42.0 Å². The molecule has 1 aliphatic carbocycles. The zero-order valence-electron chi connectivity index (χ0n) is 17.8. The molecule has 0 heterocycles. The summed E-state index contributed by atoms with van der Waals surface area (Å²) in [4.78, 5) is 23.4. The number of carbonyl (C=O) groups excluding carboxylic acids is 1. The fourth-order valence-electron chi connectivity index (χ4n) is 3.47. The smallest absolute Gasteiger partial charge is 0.408 e. The zero-order chi connectivity index (χ0) is 21.4. The molecule has 1 aliphatic rings. The lowest BCUT2D eigenvalue weighted by Gasteiger charge is -2.30. The largest absolute Gasteiger partial charge is 0.497 e. The van der Waals surface area contributed by atoms with E-state index >= 15 is 0 Å². The van der Waals surface area contributed by atoms with Gasteiger partial charge in [-0.3, -0.25) is 0 Å². The van der Waals surface area contributed by atoms with Crippen molar-refractivity contribution >= 4 is 12.1 Å². The summed E-state index contributed by atoms with van der Waals surface area (Å²) in [5, 5.41) is 11.9. The Balaban J connectivity index is 1.75. The van der Waals surface area contributed by atoms with Crippen LogP contribution in [-0.2, 0) is 20.9 Å². The van der Waals surface area contributed by atoms with Crippen LogP contribution in [0.1, 0.15) is 58.4 Å². The van der Waals surface area contributed by atoms with Gasteiger partial charge in [-0.05, 0) is 76.5 Å². The van der Waals surface area contributed by atoms with Crippen LogP contribution in [0, 0.1) is 5.92 Å². The second kappa shape index (κ2) is 10.5. The van der Waals surface area contributed by atoms with Gasteiger partial charge in [-0.1, -0.05) is 12.1 Å². The fraction of sp³-hybridized carbons (Fsp3) is 0.636. The van der Waals surface area contributed by atoms with Gasteiger partial charge in [0.2, 0.25) is 0 Å². The topological polar surface area (TPSA) is 94.1 Å². The molecule has 1 aromatic rings. The lowest BCUT2D eigenvalue weighted by molar-refractivity contribution is -0.140. The highest BCUT2D eigenvalue weighted by molar-refractivity contribution is 5.80. The molecule has 0 bridgehead atoms. The number of methoxy groups -OCH3 is 1. The van der Waals surface area contributed by atoms with E-state index in [2.05, 4.69) is 5.32 Å². The zero-order valence-corrected chi connectivity index (χ0v) is 17.8. The van der Waals surface area contributed by atoms with Gasteiger partial charge in [0, 0.05) is 0 Å². The number of amides is 1. The van der Waals surface area contributed by atoms with Crippen LogP contribution in [0.25, 0.3) is 0 Å². The summed E-state index contributed by atoms with van der Waals surface area (Å²) >= 11 is 0.